The maximum Gasteiger partial charge on any atom is 0.144 e. The van der Waals surface area contributed by atoms with Crippen molar-refractivity contribution in [2.24, 2.45) is 5.16 Å². The van der Waals surface area contributed by atoms with Gasteiger partial charge in [-0.2, -0.15) is 0 Å². The van der Waals surface area contributed by atoms with Gasteiger partial charge >= 0.3 is 0 Å². The summed E-state index contributed by atoms with van der Waals surface area (Å²) in [5.74, 6) is 0. The molecule has 1 unspecified atom stereocenters. The smallest absolute Gasteiger partial charge is 0.144 e. The SMILES string of the molecule is OC(CNC1CCCC1)CO/N=C1\CCCc2sccc21. The summed E-state index contributed by atoms with van der Waals surface area (Å²) in [4.78, 5) is 6.79. The molecule has 1 aromatic heterocycles. The van der Waals surface area contributed by atoms with Gasteiger partial charge in [0.15, 0.2) is 0 Å². The fourth-order valence-corrected chi connectivity index (χ4v) is 4.07. The summed E-state index contributed by atoms with van der Waals surface area (Å²) in [5.41, 5.74) is 2.28. The van der Waals surface area contributed by atoms with Gasteiger partial charge in [-0.1, -0.05) is 18.0 Å². The lowest BCUT2D eigenvalue weighted by molar-refractivity contribution is 0.0388. The number of nitrogens with one attached hydrogen (secondary N) is 1. The second-order valence-electron chi connectivity index (χ2n) is 5.99. The minimum absolute atomic E-state index is 0.267. The van der Waals surface area contributed by atoms with Crippen molar-refractivity contribution in [1.82, 2.24) is 5.32 Å². The highest BCUT2D eigenvalue weighted by atomic mass is 32.1. The average Bonchev–Trinajstić information content (AvgIpc) is 3.16. The Morgan fingerprint density at radius 1 is 1.33 bits per heavy atom. The Labute approximate surface area is 130 Å². The van der Waals surface area contributed by atoms with Crippen LogP contribution >= 0.6 is 11.3 Å². The van der Waals surface area contributed by atoms with E-state index in [2.05, 4.69) is 21.9 Å². The molecule has 1 saturated carbocycles. The normalized spacial score (nSPS) is 22.4. The van der Waals surface area contributed by atoms with Gasteiger partial charge in [-0.05, 0) is 43.6 Å². The molecule has 0 spiro atoms. The van der Waals surface area contributed by atoms with Crippen LogP contribution in [0.4, 0.5) is 0 Å². The van der Waals surface area contributed by atoms with Crippen molar-refractivity contribution in [3.8, 4) is 0 Å². The molecule has 21 heavy (non-hydrogen) atoms. The van der Waals surface area contributed by atoms with Crippen LogP contribution in [0.3, 0.4) is 0 Å². The number of hydrogen-bond donors (Lipinski definition) is 2. The number of rotatable bonds is 6. The molecule has 2 aliphatic rings. The average molecular weight is 308 g/mol. The lowest BCUT2D eigenvalue weighted by Crippen LogP contribution is -2.35. The number of aliphatic hydroxyl groups is 1. The lowest BCUT2D eigenvalue weighted by atomic mass is 9.97. The minimum Gasteiger partial charge on any atom is -0.393 e. The van der Waals surface area contributed by atoms with E-state index >= 15 is 0 Å². The summed E-state index contributed by atoms with van der Waals surface area (Å²) in [7, 11) is 0. The third-order valence-corrected chi connectivity index (χ3v) is 5.29. The number of nitrogens with zero attached hydrogens (tertiary/aromatic N) is 1. The molecule has 1 fully saturated rings. The third kappa shape index (κ3) is 4.05. The van der Waals surface area contributed by atoms with Crippen LogP contribution in [0.1, 0.15) is 49.0 Å². The summed E-state index contributed by atoms with van der Waals surface area (Å²) in [6, 6.07) is 2.71. The number of hydrogen-bond acceptors (Lipinski definition) is 5. The van der Waals surface area contributed by atoms with Crippen molar-refractivity contribution in [3.63, 3.8) is 0 Å². The van der Waals surface area contributed by atoms with E-state index in [1.54, 1.807) is 11.3 Å². The predicted molar refractivity (Wildman–Crippen MR) is 86.0 cm³/mol. The largest absolute Gasteiger partial charge is 0.393 e. The zero-order chi connectivity index (χ0) is 14.5. The zero-order valence-corrected chi connectivity index (χ0v) is 13.2. The Morgan fingerprint density at radius 3 is 3.05 bits per heavy atom. The molecule has 0 bridgehead atoms. The number of aryl methyl sites for hydroxylation is 1. The second-order valence-corrected chi connectivity index (χ2v) is 6.99. The molecule has 1 heterocycles. The molecule has 0 aromatic carbocycles. The zero-order valence-electron chi connectivity index (χ0n) is 12.4. The third-order valence-electron chi connectivity index (χ3n) is 4.31. The van der Waals surface area contributed by atoms with Crippen LogP contribution in [-0.4, -0.2) is 36.1 Å². The van der Waals surface area contributed by atoms with Gasteiger partial charge < -0.3 is 15.3 Å². The lowest BCUT2D eigenvalue weighted by Gasteiger charge is -2.16. The molecule has 0 aliphatic heterocycles. The Kier molecular flexibility index (Phi) is 5.27. The van der Waals surface area contributed by atoms with Gasteiger partial charge in [0.1, 0.15) is 12.7 Å². The van der Waals surface area contributed by atoms with Crippen LogP contribution in [0, 0.1) is 0 Å². The highest BCUT2D eigenvalue weighted by molar-refractivity contribution is 7.10. The van der Waals surface area contributed by atoms with E-state index in [-0.39, 0.29) is 6.61 Å². The predicted octanol–water partition coefficient (Wildman–Crippen LogP) is 2.70. The van der Waals surface area contributed by atoms with E-state index in [0.29, 0.717) is 12.6 Å². The highest BCUT2D eigenvalue weighted by Crippen LogP contribution is 2.26. The van der Waals surface area contributed by atoms with Crippen molar-refractivity contribution in [3.05, 3.63) is 21.9 Å². The fourth-order valence-electron chi connectivity index (χ4n) is 3.13. The molecule has 0 radical (unpaired) electrons. The Bertz CT molecular complexity index is 480. The number of fused-ring (bicyclic) bond motifs is 1. The highest BCUT2D eigenvalue weighted by Gasteiger charge is 2.18. The fraction of sp³-hybridized carbons (Fsp3) is 0.688. The van der Waals surface area contributed by atoms with Crippen molar-refractivity contribution < 1.29 is 9.94 Å². The van der Waals surface area contributed by atoms with E-state index in [9.17, 15) is 5.11 Å². The molecule has 0 amide bonds. The first kappa shape index (κ1) is 15.0. The van der Waals surface area contributed by atoms with Gasteiger partial charge in [-0.3, -0.25) is 0 Å². The van der Waals surface area contributed by atoms with E-state index in [0.717, 1.165) is 25.0 Å². The molecule has 116 valence electrons. The number of thiophene rings is 1. The molecule has 2 aliphatic carbocycles. The Hall–Kier alpha value is -0.910. The molecular weight excluding hydrogens is 284 g/mol. The van der Waals surface area contributed by atoms with Gasteiger partial charge in [0.2, 0.25) is 0 Å². The van der Waals surface area contributed by atoms with Gasteiger partial charge in [0, 0.05) is 23.0 Å². The Morgan fingerprint density at radius 2 is 2.19 bits per heavy atom. The van der Waals surface area contributed by atoms with Gasteiger partial charge in [0.05, 0.1) is 5.71 Å². The first-order chi connectivity index (χ1) is 10.3. The molecule has 3 rings (SSSR count). The van der Waals surface area contributed by atoms with Crippen LogP contribution in [0.15, 0.2) is 16.6 Å². The van der Waals surface area contributed by atoms with Crippen LogP contribution in [-0.2, 0) is 11.3 Å². The van der Waals surface area contributed by atoms with Crippen molar-refractivity contribution in [2.75, 3.05) is 13.2 Å². The monoisotopic (exact) mass is 308 g/mol. The molecule has 5 heteroatoms. The molecule has 2 N–H and O–H groups in total. The minimum atomic E-state index is -0.486. The molecule has 4 nitrogen and oxygen atoms in total. The maximum atomic E-state index is 9.94. The first-order valence-corrected chi connectivity index (χ1v) is 8.88. The summed E-state index contributed by atoms with van der Waals surface area (Å²) in [6.45, 7) is 0.863. The van der Waals surface area contributed by atoms with Crippen LogP contribution in [0.2, 0.25) is 0 Å². The van der Waals surface area contributed by atoms with Crippen molar-refractivity contribution in [2.45, 2.75) is 57.1 Å². The molecular formula is C16H24N2O2S. The topological polar surface area (TPSA) is 53.8 Å². The van der Waals surface area contributed by atoms with Gasteiger partial charge in [-0.15, -0.1) is 11.3 Å². The van der Waals surface area contributed by atoms with Crippen LogP contribution in [0.5, 0.6) is 0 Å². The number of aliphatic hydroxyl groups excluding tert-OH is 1. The van der Waals surface area contributed by atoms with E-state index in [1.165, 1.54) is 36.1 Å². The Balaban J connectivity index is 1.42. The van der Waals surface area contributed by atoms with E-state index in [1.807, 2.05) is 0 Å². The van der Waals surface area contributed by atoms with E-state index < -0.39 is 6.10 Å². The van der Waals surface area contributed by atoms with Crippen molar-refractivity contribution in [1.29, 1.82) is 0 Å². The first-order valence-electron chi connectivity index (χ1n) is 8.00. The van der Waals surface area contributed by atoms with Crippen molar-refractivity contribution >= 4 is 17.0 Å². The standard InChI is InChI=1S/C16H24N2O2S/c19-13(10-17-12-4-1-2-5-12)11-20-18-15-6-3-7-16-14(15)8-9-21-16/h8-9,12-13,17,19H,1-7,10-11H2/b18-15+. The summed E-state index contributed by atoms with van der Waals surface area (Å²) >= 11 is 1.80. The quantitative estimate of drug-likeness (QED) is 0.795. The van der Waals surface area contributed by atoms with Crippen LogP contribution in [0.25, 0.3) is 0 Å². The summed E-state index contributed by atoms with van der Waals surface area (Å²) in [6.07, 6.45) is 7.86. The number of oxime groups is 1. The molecule has 0 saturated heterocycles. The second kappa shape index (κ2) is 7.38. The summed E-state index contributed by atoms with van der Waals surface area (Å²) in [5, 5.41) is 19.7. The molecule has 1 aromatic rings. The molecule has 1 atom stereocenters. The van der Waals surface area contributed by atoms with Crippen LogP contribution < -0.4 is 5.32 Å². The summed E-state index contributed by atoms with van der Waals surface area (Å²) < 4.78 is 0. The maximum absolute atomic E-state index is 9.94. The van der Waals surface area contributed by atoms with Gasteiger partial charge in [0.25, 0.3) is 0 Å². The van der Waals surface area contributed by atoms with Gasteiger partial charge in [-0.25, -0.2) is 0 Å². The van der Waals surface area contributed by atoms with E-state index in [4.69, 9.17) is 4.84 Å².